The van der Waals surface area contributed by atoms with Crippen molar-refractivity contribution in [2.45, 2.75) is 32.7 Å². The zero-order valence-corrected chi connectivity index (χ0v) is 14.0. The Hall–Kier alpha value is -1.60. The summed E-state index contributed by atoms with van der Waals surface area (Å²) in [5, 5.41) is 5.68. The molecule has 1 aromatic carbocycles. The van der Waals surface area contributed by atoms with Gasteiger partial charge in [0.1, 0.15) is 0 Å². The topological polar surface area (TPSA) is 78.5 Å². The Morgan fingerprint density at radius 1 is 1.32 bits per heavy atom. The number of hydrogen-bond donors (Lipinski definition) is 2. The normalized spacial score (nSPS) is 19.7. The quantitative estimate of drug-likeness (QED) is 0.890. The van der Waals surface area contributed by atoms with Gasteiger partial charge < -0.3 is 10.6 Å². The van der Waals surface area contributed by atoms with Crippen molar-refractivity contribution in [3.8, 4) is 0 Å². The van der Waals surface area contributed by atoms with Crippen LogP contribution in [-0.4, -0.2) is 44.1 Å². The Bertz CT molecular complexity index is 658. The molecule has 2 amide bonds. The van der Waals surface area contributed by atoms with Gasteiger partial charge in [0.15, 0.2) is 0 Å². The molecule has 0 spiro atoms. The fourth-order valence-electron chi connectivity index (χ4n) is 2.66. The van der Waals surface area contributed by atoms with E-state index in [1.54, 1.807) is 0 Å². The molecule has 1 fully saturated rings. The molecule has 6 nitrogen and oxygen atoms in total. The molecule has 1 atom stereocenters. The first-order valence-corrected chi connectivity index (χ1v) is 9.20. The summed E-state index contributed by atoms with van der Waals surface area (Å²) in [6.07, 6.45) is 2.74. The second kappa shape index (κ2) is 6.66. The fraction of sp³-hybridized carbons (Fsp3) is 0.533. The highest BCUT2D eigenvalue weighted by molar-refractivity contribution is 7.88. The fourth-order valence-corrected chi connectivity index (χ4v) is 3.57. The number of urea groups is 1. The molecule has 0 unspecified atom stereocenters. The summed E-state index contributed by atoms with van der Waals surface area (Å²) in [5.41, 5.74) is 2.90. The molecule has 1 aliphatic heterocycles. The van der Waals surface area contributed by atoms with Crippen LogP contribution in [0.4, 0.5) is 10.5 Å². The number of carbonyl (C=O) groups is 1. The number of aryl methyl sites for hydroxylation is 2. The Labute approximate surface area is 131 Å². The second-order valence-electron chi connectivity index (χ2n) is 5.88. The van der Waals surface area contributed by atoms with Gasteiger partial charge in [-0.1, -0.05) is 17.7 Å². The Morgan fingerprint density at radius 3 is 2.68 bits per heavy atom. The second-order valence-corrected chi connectivity index (χ2v) is 7.86. The van der Waals surface area contributed by atoms with Gasteiger partial charge in [0.05, 0.1) is 6.26 Å². The number of nitrogens with one attached hydrogen (secondary N) is 2. The molecule has 1 heterocycles. The summed E-state index contributed by atoms with van der Waals surface area (Å²) in [5.74, 6) is 0. The van der Waals surface area contributed by atoms with Gasteiger partial charge in [0, 0.05) is 24.8 Å². The highest BCUT2D eigenvalue weighted by atomic mass is 32.2. The van der Waals surface area contributed by atoms with Crippen LogP contribution in [0.15, 0.2) is 18.2 Å². The number of amides is 2. The highest BCUT2D eigenvalue weighted by Crippen LogP contribution is 2.17. The zero-order chi connectivity index (χ0) is 16.3. The minimum absolute atomic E-state index is 0.158. The monoisotopic (exact) mass is 325 g/mol. The molecule has 2 N–H and O–H groups in total. The van der Waals surface area contributed by atoms with E-state index in [1.807, 2.05) is 32.0 Å². The number of rotatable bonds is 3. The lowest BCUT2D eigenvalue weighted by molar-refractivity contribution is 0.236. The SMILES string of the molecule is Cc1ccc(NC(=O)N[C@@H]2CCCN(S(C)(=O)=O)C2)c(C)c1. The maximum atomic E-state index is 12.1. The first kappa shape index (κ1) is 16.8. The molecular formula is C15H23N3O3S. The number of sulfonamides is 1. The van der Waals surface area contributed by atoms with Crippen LogP contribution < -0.4 is 10.6 Å². The Balaban J connectivity index is 1.94. The third kappa shape index (κ3) is 4.45. The van der Waals surface area contributed by atoms with Gasteiger partial charge in [-0.2, -0.15) is 0 Å². The number of carbonyl (C=O) groups excluding carboxylic acids is 1. The van der Waals surface area contributed by atoms with Crippen LogP contribution in [0.25, 0.3) is 0 Å². The van der Waals surface area contributed by atoms with Gasteiger partial charge in [-0.3, -0.25) is 0 Å². The lowest BCUT2D eigenvalue weighted by Gasteiger charge is -2.31. The zero-order valence-electron chi connectivity index (χ0n) is 13.2. The third-order valence-corrected chi connectivity index (χ3v) is 5.09. The molecule has 1 aliphatic rings. The molecule has 1 aromatic rings. The van der Waals surface area contributed by atoms with E-state index in [-0.39, 0.29) is 12.1 Å². The molecule has 7 heteroatoms. The standard InChI is InChI=1S/C15H23N3O3S/c1-11-6-7-14(12(2)9-11)17-15(19)16-13-5-4-8-18(10-13)22(3,20)21/h6-7,9,13H,4-5,8,10H2,1-3H3,(H2,16,17,19)/t13-/m1/s1. The van der Waals surface area contributed by atoms with E-state index in [2.05, 4.69) is 10.6 Å². The lowest BCUT2D eigenvalue weighted by atomic mass is 10.1. The summed E-state index contributed by atoms with van der Waals surface area (Å²) in [6, 6.07) is 5.35. The highest BCUT2D eigenvalue weighted by Gasteiger charge is 2.26. The molecule has 0 radical (unpaired) electrons. The van der Waals surface area contributed by atoms with Gasteiger partial charge in [0.25, 0.3) is 0 Å². The van der Waals surface area contributed by atoms with Crippen molar-refractivity contribution in [1.29, 1.82) is 0 Å². The average Bonchev–Trinajstić information content (AvgIpc) is 2.41. The first-order valence-electron chi connectivity index (χ1n) is 7.35. The van der Waals surface area contributed by atoms with Crippen LogP contribution in [0.1, 0.15) is 24.0 Å². The Kier molecular flexibility index (Phi) is 5.08. The molecule has 122 valence electrons. The maximum absolute atomic E-state index is 12.1. The first-order chi connectivity index (χ1) is 10.3. The molecule has 0 saturated carbocycles. The minimum Gasteiger partial charge on any atom is -0.334 e. The lowest BCUT2D eigenvalue weighted by Crippen LogP contribution is -2.50. The molecule has 1 saturated heterocycles. The van der Waals surface area contributed by atoms with Gasteiger partial charge >= 0.3 is 6.03 Å². The number of benzene rings is 1. The van der Waals surface area contributed by atoms with Gasteiger partial charge in [0.2, 0.25) is 10.0 Å². The molecule has 0 aromatic heterocycles. The predicted molar refractivity (Wildman–Crippen MR) is 87.5 cm³/mol. The maximum Gasteiger partial charge on any atom is 0.319 e. The summed E-state index contributed by atoms with van der Waals surface area (Å²) in [7, 11) is -3.20. The van der Waals surface area contributed by atoms with Crippen molar-refractivity contribution >= 4 is 21.7 Å². The van der Waals surface area contributed by atoms with Crippen molar-refractivity contribution in [2.75, 3.05) is 24.7 Å². The third-order valence-electron chi connectivity index (χ3n) is 3.82. The van der Waals surface area contributed by atoms with Crippen LogP contribution in [0.5, 0.6) is 0 Å². The minimum atomic E-state index is -3.20. The molecule has 2 rings (SSSR count). The number of nitrogens with zero attached hydrogens (tertiary/aromatic N) is 1. The molecule has 0 bridgehead atoms. The van der Waals surface area contributed by atoms with Gasteiger partial charge in [-0.25, -0.2) is 17.5 Å². The van der Waals surface area contributed by atoms with Crippen molar-refractivity contribution in [1.82, 2.24) is 9.62 Å². The van der Waals surface area contributed by atoms with E-state index in [4.69, 9.17) is 0 Å². The van der Waals surface area contributed by atoms with Crippen molar-refractivity contribution < 1.29 is 13.2 Å². The van der Waals surface area contributed by atoms with E-state index < -0.39 is 10.0 Å². The molecule has 0 aliphatic carbocycles. The predicted octanol–water partition coefficient (Wildman–Crippen LogP) is 1.85. The van der Waals surface area contributed by atoms with Crippen LogP contribution >= 0.6 is 0 Å². The molecule has 22 heavy (non-hydrogen) atoms. The summed E-state index contributed by atoms with van der Waals surface area (Å²) in [6.45, 7) is 4.79. The summed E-state index contributed by atoms with van der Waals surface area (Å²) >= 11 is 0. The van der Waals surface area contributed by atoms with Gasteiger partial charge in [-0.15, -0.1) is 0 Å². The summed E-state index contributed by atoms with van der Waals surface area (Å²) < 4.78 is 24.6. The van der Waals surface area contributed by atoms with E-state index in [0.29, 0.717) is 13.1 Å². The number of piperidine rings is 1. The molecular weight excluding hydrogens is 302 g/mol. The van der Waals surface area contributed by atoms with Crippen LogP contribution in [0, 0.1) is 13.8 Å². The average molecular weight is 325 g/mol. The number of hydrogen-bond acceptors (Lipinski definition) is 3. The Morgan fingerprint density at radius 2 is 2.05 bits per heavy atom. The van der Waals surface area contributed by atoms with Gasteiger partial charge in [-0.05, 0) is 38.3 Å². The summed E-state index contributed by atoms with van der Waals surface area (Å²) in [4.78, 5) is 12.1. The number of anilines is 1. The van der Waals surface area contributed by atoms with Crippen LogP contribution in [-0.2, 0) is 10.0 Å². The van der Waals surface area contributed by atoms with Crippen LogP contribution in [0.2, 0.25) is 0 Å². The smallest absolute Gasteiger partial charge is 0.319 e. The van der Waals surface area contributed by atoms with E-state index >= 15 is 0 Å². The largest absolute Gasteiger partial charge is 0.334 e. The van der Waals surface area contributed by atoms with Crippen molar-refractivity contribution in [3.05, 3.63) is 29.3 Å². The van der Waals surface area contributed by atoms with E-state index in [1.165, 1.54) is 10.6 Å². The van der Waals surface area contributed by atoms with Crippen molar-refractivity contribution in [2.24, 2.45) is 0 Å². The van der Waals surface area contributed by atoms with Crippen molar-refractivity contribution in [3.63, 3.8) is 0 Å². The van der Waals surface area contributed by atoms with E-state index in [0.717, 1.165) is 29.7 Å². The van der Waals surface area contributed by atoms with Crippen LogP contribution in [0.3, 0.4) is 0 Å². The van der Waals surface area contributed by atoms with E-state index in [9.17, 15) is 13.2 Å².